The van der Waals surface area contributed by atoms with Gasteiger partial charge in [-0.15, -0.1) is 0 Å². The van der Waals surface area contributed by atoms with E-state index < -0.39 is 0 Å². The zero-order valence-corrected chi connectivity index (χ0v) is 14.9. The topological polar surface area (TPSA) is 54.2 Å². The van der Waals surface area contributed by atoms with Gasteiger partial charge in [0.15, 0.2) is 5.96 Å². The van der Waals surface area contributed by atoms with Crippen LogP contribution >= 0.6 is 11.6 Å². The Labute approximate surface area is 142 Å². The van der Waals surface area contributed by atoms with E-state index in [0.29, 0.717) is 6.54 Å². The molecule has 1 aromatic carbocycles. The highest BCUT2D eigenvalue weighted by Crippen LogP contribution is 2.24. The fraction of sp³-hybridized carbons (Fsp3) is 0.412. The minimum absolute atomic E-state index is 0.0605. The van der Waals surface area contributed by atoms with Gasteiger partial charge >= 0.3 is 0 Å². The van der Waals surface area contributed by atoms with Crippen LogP contribution in [0.5, 0.6) is 0 Å². The van der Waals surface area contributed by atoms with E-state index in [1.54, 1.807) is 13.2 Å². The fourth-order valence-electron chi connectivity index (χ4n) is 2.29. The van der Waals surface area contributed by atoms with Gasteiger partial charge in [0.2, 0.25) is 0 Å². The average Bonchev–Trinajstić information content (AvgIpc) is 2.93. The highest BCUT2D eigenvalue weighted by molar-refractivity contribution is 6.30. The van der Waals surface area contributed by atoms with Crippen LogP contribution in [0.1, 0.15) is 25.1 Å². The molecule has 0 amide bonds. The Morgan fingerprint density at radius 2 is 2.09 bits per heavy atom. The second kappa shape index (κ2) is 7.51. The van der Waals surface area contributed by atoms with Gasteiger partial charge in [-0.25, -0.2) is 0 Å². The summed E-state index contributed by atoms with van der Waals surface area (Å²) in [7, 11) is 3.69. The van der Waals surface area contributed by atoms with Gasteiger partial charge in [0.25, 0.3) is 0 Å². The first-order valence-corrected chi connectivity index (χ1v) is 7.97. The summed E-state index contributed by atoms with van der Waals surface area (Å²) in [6.45, 7) is 5.78. The Hall–Kier alpha value is -2.01. The molecule has 23 heavy (non-hydrogen) atoms. The standard InChI is InChI=1S/C17H24ClN5/c1-17(2,13-6-5-7-14(18)10-13)12-21-16(19-3)20-11-15-8-9-22-23(15)4/h5-10H,11-12H2,1-4H3,(H2,19,20,21). The Balaban J connectivity index is 1.93. The maximum Gasteiger partial charge on any atom is 0.191 e. The molecule has 0 spiro atoms. The molecule has 1 heterocycles. The van der Waals surface area contributed by atoms with Crippen LogP contribution in [-0.2, 0) is 19.0 Å². The van der Waals surface area contributed by atoms with Crippen LogP contribution in [0.15, 0.2) is 41.5 Å². The third kappa shape index (κ3) is 4.73. The average molecular weight is 334 g/mol. The summed E-state index contributed by atoms with van der Waals surface area (Å²) in [5, 5.41) is 11.6. The van der Waals surface area contributed by atoms with E-state index in [-0.39, 0.29) is 5.41 Å². The number of hydrogen-bond acceptors (Lipinski definition) is 2. The lowest BCUT2D eigenvalue weighted by Gasteiger charge is -2.27. The predicted octanol–water partition coefficient (Wildman–Crippen LogP) is 2.72. The fourth-order valence-corrected chi connectivity index (χ4v) is 2.48. The summed E-state index contributed by atoms with van der Waals surface area (Å²) in [4.78, 5) is 4.27. The number of halogens is 1. The van der Waals surface area contributed by atoms with Crippen molar-refractivity contribution in [3.8, 4) is 0 Å². The van der Waals surface area contributed by atoms with E-state index in [9.17, 15) is 0 Å². The van der Waals surface area contributed by atoms with Crippen molar-refractivity contribution in [1.29, 1.82) is 0 Å². The van der Waals surface area contributed by atoms with E-state index in [2.05, 4.69) is 40.6 Å². The second-order valence-corrected chi connectivity index (χ2v) is 6.56. The van der Waals surface area contributed by atoms with E-state index in [4.69, 9.17) is 11.6 Å². The molecule has 2 rings (SSSR count). The number of aryl methyl sites for hydroxylation is 1. The third-order valence-electron chi connectivity index (χ3n) is 3.89. The van der Waals surface area contributed by atoms with Crippen molar-refractivity contribution in [2.45, 2.75) is 25.8 Å². The molecule has 124 valence electrons. The molecule has 0 saturated heterocycles. The van der Waals surface area contributed by atoms with E-state index >= 15 is 0 Å². The largest absolute Gasteiger partial charge is 0.356 e. The number of guanidine groups is 1. The first-order chi connectivity index (χ1) is 10.9. The van der Waals surface area contributed by atoms with Gasteiger partial charge in [0.1, 0.15) is 0 Å². The summed E-state index contributed by atoms with van der Waals surface area (Å²) in [6, 6.07) is 9.96. The molecule has 2 aromatic rings. The normalized spacial score (nSPS) is 12.3. The van der Waals surface area contributed by atoms with Crippen LogP contribution in [-0.4, -0.2) is 29.3 Å². The van der Waals surface area contributed by atoms with Crippen molar-refractivity contribution < 1.29 is 0 Å². The number of rotatable bonds is 5. The zero-order valence-electron chi connectivity index (χ0n) is 14.1. The Morgan fingerprint density at radius 3 is 2.70 bits per heavy atom. The minimum atomic E-state index is -0.0605. The summed E-state index contributed by atoms with van der Waals surface area (Å²) in [5.74, 6) is 0.765. The zero-order chi connectivity index (χ0) is 16.9. The van der Waals surface area contributed by atoms with Gasteiger partial charge in [-0.3, -0.25) is 9.67 Å². The van der Waals surface area contributed by atoms with Crippen LogP contribution in [0.2, 0.25) is 5.02 Å². The van der Waals surface area contributed by atoms with Crippen LogP contribution in [0.25, 0.3) is 0 Å². The van der Waals surface area contributed by atoms with Gasteiger partial charge in [-0.05, 0) is 23.8 Å². The lowest BCUT2D eigenvalue weighted by atomic mass is 9.84. The number of benzene rings is 1. The van der Waals surface area contributed by atoms with Crippen LogP contribution in [0.3, 0.4) is 0 Å². The van der Waals surface area contributed by atoms with Crippen molar-refractivity contribution in [2.75, 3.05) is 13.6 Å². The summed E-state index contributed by atoms with van der Waals surface area (Å²) in [5.41, 5.74) is 2.23. The minimum Gasteiger partial charge on any atom is -0.356 e. The third-order valence-corrected chi connectivity index (χ3v) is 4.12. The Morgan fingerprint density at radius 1 is 1.30 bits per heavy atom. The highest BCUT2D eigenvalue weighted by Gasteiger charge is 2.21. The molecule has 0 aliphatic rings. The molecule has 0 aliphatic heterocycles. The molecular weight excluding hydrogens is 310 g/mol. The molecule has 0 unspecified atom stereocenters. The van der Waals surface area contributed by atoms with Crippen molar-refractivity contribution in [2.24, 2.45) is 12.0 Å². The second-order valence-electron chi connectivity index (χ2n) is 6.12. The van der Waals surface area contributed by atoms with Gasteiger partial charge in [-0.1, -0.05) is 37.6 Å². The molecule has 1 aromatic heterocycles. The molecule has 5 nitrogen and oxygen atoms in total. The van der Waals surface area contributed by atoms with Crippen LogP contribution < -0.4 is 10.6 Å². The van der Waals surface area contributed by atoms with Crippen molar-refractivity contribution in [1.82, 2.24) is 20.4 Å². The molecule has 0 saturated carbocycles. The SMILES string of the molecule is CN=C(NCc1ccnn1C)NCC(C)(C)c1cccc(Cl)c1. The van der Waals surface area contributed by atoms with Crippen LogP contribution in [0.4, 0.5) is 0 Å². The molecular formula is C17H24ClN5. The maximum absolute atomic E-state index is 6.10. The van der Waals surface area contributed by atoms with Crippen molar-refractivity contribution >= 4 is 17.6 Å². The molecule has 0 atom stereocenters. The van der Waals surface area contributed by atoms with E-state index in [1.807, 2.05) is 36.0 Å². The summed E-state index contributed by atoms with van der Waals surface area (Å²) in [6.07, 6.45) is 1.79. The van der Waals surface area contributed by atoms with Crippen molar-refractivity contribution in [3.63, 3.8) is 0 Å². The molecule has 6 heteroatoms. The maximum atomic E-state index is 6.10. The van der Waals surface area contributed by atoms with E-state index in [0.717, 1.165) is 23.2 Å². The van der Waals surface area contributed by atoms with E-state index in [1.165, 1.54) is 5.56 Å². The monoisotopic (exact) mass is 333 g/mol. The smallest absolute Gasteiger partial charge is 0.191 e. The molecule has 0 bridgehead atoms. The number of nitrogens with zero attached hydrogens (tertiary/aromatic N) is 3. The lowest BCUT2D eigenvalue weighted by molar-refractivity contribution is 0.508. The lowest BCUT2D eigenvalue weighted by Crippen LogP contribution is -2.43. The number of aliphatic imine (C=N–C) groups is 1. The molecule has 0 radical (unpaired) electrons. The quantitative estimate of drug-likeness (QED) is 0.653. The first kappa shape index (κ1) is 17.3. The predicted molar refractivity (Wildman–Crippen MR) is 95.9 cm³/mol. The number of hydrogen-bond donors (Lipinski definition) is 2. The summed E-state index contributed by atoms with van der Waals surface area (Å²) < 4.78 is 1.84. The van der Waals surface area contributed by atoms with Gasteiger partial charge in [0.05, 0.1) is 12.2 Å². The highest BCUT2D eigenvalue weighted by atomic mass is 35.5. The van der Waals surface area contributed by atoms with Crippen molar-refractivity contribution in [3.05, 3.63) is 52.8 Å². The molecule has 0 aliphatic carbocycles. The van der Waals surface area contributed by atoms with Gasteiger partial charge < -0.3 is 10.6 Å². The number of aromatic nitrogens is 2. The first-order valence-electron chi connectivity index (χ1n) is 7.60. The van der Waals surface area contributed by atoms with Gasteiger partial charge in [-0.2, -0.15) is 5.10 Å². The summed E-state index contributed by atoms with van der Waals surface area (Å²) >= 11 is 6.10. The number of nitrogens with one attached hydrogen (secondary N) is 2. The van der Waals surface area contributed by atoms with Crippen LogP contribution in [0, 0.1) is 0 Å². The molecule has 2 N–H and O–H groups in total. The van der Waals surface area contributed by atoms with Gasteiger partial charge in [0, 0.05) is 37.3 Å². The molecule has 0 fully saturated rings. The Bertz CT molecular complexity index is 675. The Kier molecular flexibility index (Phi) is 5.66.